The average Bonchev–Trinajstić information content (AvgIpc) is 2.46. The van der Waals surface area contributed by atoms with Crippen molar-refractivity contribution in [2.24, 2.45) is 0 Å². The molecule has 1 fully saturated rings. The molecule has 1 aromatic carbocycles. The van der Waals surface area contributed by atoms with Crippen LogP contribution in [-0.4, -0.2) is 65.9 Å². The van der Waals surface area contributed by atoms with Crippen LogP contribution in [0.25, 0.3) is 0 Å². The van der Waals surface area contributed by atoms with Crippen molar-refractivity contribution in [2.45, 2.75) is 19.4 Å². The van der Waals surface area contributed by atoms with Crippen LogP contribution in [0.1, 0.15) is 22.3 Å². The van der Waals surface area contributed by atoms with Crippen LogP contribution >= 0.6 is 0 Å². The van der Waals surface area contributed by atoms with Crippen molar-refractivity contribution in [3.63, 3.8) is 0 Å². The number of carbonyl (C=O) groups excluding carboxylic acids is 1. The van der Waals surface area contributed by atoms with Gasteiger partial charge in [-0.2, -0.15) is 0 Å². The van der Waals surface area contributed by atoms with Gasteiger partial charge in [-0.25, -0.2) is 0 Å². The molecule has 1 aliphatic rings. The number of piperazine rings is 1. The van der Waals surface area contributed by atoms with Gasteiger partial charge in [0.2, 0.25) is 0 Å². The maximum Gasteiger partial charge on any atom is 0.321 e. The summed E-state index contributed by atoms with van der Waals surface area (Å²) in [7, 11) is 2.02. The standard InChI is InChI=1S/C16H22N2O3/c1-12-3-5-13(6-4-12)15(19)11-14(16(20)21)18-9-7-17(2)8-10-18/h3-6,14H,7-11H2,1-2H3,(H,20,21). The molecule has 1 aliphatic heterocycles. The summed E-state index contributed by atoms with van der Waals surface area (Å²) in [5, 5.41) is 9.42. The highest BCUT2D eigenvalue weighted by Gasteiger charge is 2.30. The van der Waals surface area contributed by atoms with Gasteiger partial charge < -0.3 is 10.0 Å². The Labute approximate surface area is 125 Å². The molecule has 1 heterocycles. The summed E-state index contributed by atoms with van der Waals surface area (Å²) in [6, 6.07) is 6.55. The Bertz CT molecular complexity index is 505. The molecule has 1 N–H and O–H groups in total. The van der Waals surface area contributed by atoms with Crippen LogP contribution in [0.3, 0.4) is 0 Å². The van der Waals surface area contributed by atoms with E-state index in [1.54, 1.807) is 12.1 Å². The topological polar surface area (TPSA) is 60.9 Å². The molecule has 0 aromatic heterocycles. The number of nitrogens with zero attached hydrogens (tertiary/aromatic N) is 2. The predicted octanol–water partition coefficient (Wildman–Crippen LogP) is 1.27. The summed E-state index contributed by atoms with van der Waals surface area (Å²) in [6.45, 7) is 5.01. The number of carboxylic acids is 1. The molecule has 0 bridgehead atoms. The van der Waals surface area contributed by atoms with Crippen molar-refractivity contribution in [2.75, 3.05) is 33.2 Å². The SMILES string of the molecule is Cc1ccc(C(=O)CC(C(=O)O)N2CCN(C)CC2)cc1. The largest absolute Gasteiger partial charge is 0.480 e. The molecule has 1 atom stereocenters. The zero-order chi connectivity index (χ0) is 15.4. The van der Waals surface area contributed by atoms with Crippen molar-refractivity contribution >= 4 is 11.8 Å². The zero-order valence-corrected chi connectivity index (χ0v) is 12.6. The molecule has 1 unspecified atom stereocenters. The second-order valence-corrected chi connectivity index (χ2v) is 5.69. The van der Waals surface area contributed by atoms with Gasteiger partial charge in [-0.1, -0.05) is 29.8 Å². The first-order valence-corrected chi connectivity index (χ1v) is 7.22. The first-order chi connectivity index (χ1) is 9.97. The fourth-order valence-electron chi connectivity index (χ4n) is 2.54. The number of aryl methyl sites for hydroxylation is 1. The second kappa shape index (κ2) is 6.83. The number of ketones is 1. The fourth-order valence-corrected chi connectivity index (χ4v) is 2.54. The van der Waals surface area contributed by atoms with Gasteiger partial charge in [0.15, 0.2) is 5.78 Å². The average molecular weight is 290 g/mol. The molecule has 114 valence electrons. The Hall–Kier alpha value is -1.72. The van der Waals surface area contributed by atoms with Gasteiger partial charge in [0.05, 0.1) is 0 Å². The monoisotopic (exact) mass is 290 g/mol. The van der Waals surface area contributed by atoms with Crippen molar-refractivity contribution in [1.29, 1.82) is 0 Å². The number of rotatable bonds is 5. The first kappa shape index (κ1) is 15.7. The third-order valence-corrected chi connectivity index (χ3v) is 4.02. The van der Waals surface area contributed by atoms with E-state index in [2.05, 4.69) is 4.90 Å². The smallest absolute Gasteiger partial charge is 0.321 e. The zero-order valence-electron chi connectivity index (χ0n) is 12.6. The Kier molecular flexibility index (Phi) is 5.09. The summed E-state index contributed by atoms with van der Waals surface area (Å²) >= 11 is 0. The molecular formula is C16H22N2O3. The Morgan fingerprint density at radius 3 is 2.24 bits per heavy atom. The van der Waals surface area contributed by atoms with Gasteiger partial charge in [0.25, 0.3) is 0 Å². The van der Waals surface area contributed by atoms with Crippen LogP contribution in [0.5, 0.6) is 0 Å². The molecule has 2 rings (SSSR count). The van der Waals surface area contributed by atoms with Crippen LogP contribution in [0.2, 0.25) is 0 Å². The Morgan fingerprint density at radius 1 is 1.14 bits per heavy atom. The van der Waals surface area contributed by atoms with Crippen LogP contribution in [0.4, 0.5) is 0 Å². The quantitative estimate of drug-likeness (QED) is 0.828. The molecule has 0 aliphatic carbocycles. The lowest BCUT2D eigenvalue weighted by Gasteiger charge is -2.35. The normalized spacial score (nSPS) is 18.4. The number of benzene rings is 1. The van der Waals surface area contributed by atoms with Gasteiger partial charge >= 0.3 is 5.97 Å². The minimum Gasteiger partial charge on any atom is -0.480 e. The second-order valence-electron chi connectivity index (χ2n) is 5.69. The number of carbonyl (C=O) groups is 2. The van der Waals surface area contributed by atoms with Gasteiger partial charge in [-0.3, -0.25) is 14.5 Å². The minimum absolute atomic E-state index is 0.0299. The van der Waals surface area contributed by atoms with Crippen LogP contribution < -0.4 is 0 Å². The van der Waals surface area contributed by atoms with E-state index in [1.807, 2.05) is 31.0 Å². The molecule has 5 heteroatoms. The molecule has 0 amide bonds. The predicted molar refractivity (Wildman–Crippen MR) is 80.6 cm³/mol. The molecule has 0 spiro atoms. The molecule has 1 aromatic rings. The van der Waals surface area contributed by atoms with E-state index >= 15 is 0 Å². The van der Waals surface area contributed by atoms with Crippen molar-refractivity contribution in [3.05, 3.63) is 35.4 Å². The van der Waals surface area contributed by atoms with E-state index in [-0.39, 0.29) is 12.2 Å². The van der Waals surface area contributed by atoms with E-state index in [0.717, 1.165) is 18.7 Å². The first-order valence-electron chi connectivity index (χ1n) is 7.22. The van der Waals surface area contributed by atoms with Gasteiger partial charge in [0.1, 0.15) is 6.04 Å². The van der Waals surface area contributed by atoms with Crippen molar-refractivity contribution in [1.82, 2.24) is 9.80 Å². The molecule has 1 saturated heterocycles. The fraction of sp³-hybridized carbons (Fsp3) is 0.500. The number of hydrogen-bond donors (Lipinski definition) is 1. The van der Waals surface area contributed by atoms with E-state index < -0.39 is 12.0 Å². The third-order valence-electron chi connectivity index (χ3n) is 4.02. The lowest BCUT2D eigenvalue weighted by Crippen LogP contribution is -2.52. The molecule has 21 heavy (non-hydrogen) atoms. The van der Waals surface area contributed by atoms with Gasteiger partial charge in [-0.05, 0) is 14.0 Å². The lowest BCUT2D eigenvalue weighted by molar-refractivity contribution is -0.143. The van der Waals surface area contributed by atoms with E-state index in [0.29, 0.717) is 18.7 Å². The summed E-state index contributed by atoms with van der Waals surface area (Å²) in [6.07, 6.45) is 0.0299. The maximum absolute atomic E-state index is 12.3. The maximum atomic E-state index is 12.3. The number of Topliss-reactive ketones (excluding diaryl/α,β-unsaturated/α-hetero) is 1. The van der Waals surface area contributed by atoms with Crippen LogP contribution in [0.15, 0.2) is 24.3 Å². The molecule has 5 nitrogen and oxygen atoms in total. The van der Waals surface area contributed by atoms with E-state index in [9.17, 15) is 14.7 Å². The van der Waals surface area contributed by atoms with E-state index in [1.165, 1.54) is 0 Å². The third kappa shape index (κ3) is 4.12. The number of carboxylic acid groups (broad SMARTS) is 1. The van der Waals surface area contributed by atoms with Crippen molar-refractivity contribution in [3.8, 4) is 0 Å². The van der Waals surface area contributed by atoms with E-state index in [4.69, 9.17) is 0 Å². The highest BCUT2D eigenvalue weighted by molar-refractivity contribution is 5.98. The Balaban J connectivity index is 2.04. The summed E-state index contributed by atoms with van der Waals surface area (Å²) in [5.74, 6) is -1.03. The molecule has 0 saturated carbocycles. The number of likely N-dealkylation sites (N-methyl/N-ethyl adjacent to an activating group) is 1. The Morgan fingerprint density at radius 2 is 1.71 bits per heavy atom. The summed E-state index contributed by atoms with van der Waals surface area (Å²) < 4.78 is 0. The van der Waals surface area contributed by atoms with Crippen LogP contribution in [0, 0.1) is 6.92 Å². The van der Waals surface area contributed by atoms with Gasteiger partial charge in [-0.15, -0.1) is 0 Å². The lowest BCUT2D eigenvalue weighted by atomic mass is 10.0. The summed E-state index contributed by atoms with van der Waals surface area (Å²) in [5.41, 5.74) is 1.67. The molecular weight excluding hydrogens is 268 g/mol. The highest BCUT2D eigenvalue weighted by atomic mass is 16.4. The number of aliphatic carboxylic acids is 1. The van der Waals surface area contributed by atoms with Gasteiger partial charge in [0, 0.05) is 38.2 Å². The van der Waals surface area contributed by atoms with Crippen molar-refractivity contribution < 1.29 is 14.7 Å². The highest BCUT2D eigenvalue weighted by Crippen LogP contribution is 2.14. The molecule has 0 radical (unpaired) electrons. The minimum atomic E-state index is -0.917. The van der Waals surface area contributed by atoms with Crippen LogP contribution in [-0.2, 0) is 4.79 Å². The number of hydrogen-bond acceptors (Lipinski definition) is 4. The summed E-state index contributed by atoms with van der Waals surface area (Å²) in [4.78, 5) is 27.8.